The van der Waals surface area contributed by atoms with Crippen LogP contribution in [-0.2, 0) is 0 Å². The van der Waals surface area contributed by atoms with Crippen LogP contribution in [0.1, 0.15) is 23.3 Å². The van der Waals surface area contributed by atoms with Gasteiger partial charge in [-0.15, -0.1) is 10.2 Å². The molecule has 1 aromatic rings. The van der Waals surface area contributed by atoms with Crippen molar-refractivity contribution >= 4 is 11.9 Å². The minimum atomic E-state index is -1.13. The van der Waals surface area contributed by atoms with E-state index in [2.05, 4.69) is 15.2 Å². The number of piperidine rings is 1. The normalized spacial score (nSPS) is 17.1. The van der Waals surface area contributed by atoms with Gasteiger partial charge in [0, 0.05) is 19.7 Å². The molecule has 1 fully saturated rings. The molecule has 0 aliphatic carbocycles. The number of aliphatic hydroxyl groups excluding tert-OH is 1. The Labute approximate surface area is 98.1 Å². The first-order valence-electron chi connectivity index (χ1n) is 5.49. The average Bonchev–Trinajstić information content (AvgIpc) is 2.39. The van der Waals surface area contributed by atoms with E-state index >= 15 is 0 Å². The zero-order chi connectivity index (χ0) is 12.3. The zero-order valence-electron chi connectivity index (χ0n) is 9.28. The van der Waals surface area contributed by atoms with Crippen molar-refractivity contribution in [3.05, 3.63) is 11.9 Å². The number of carboxylic acids is 1. The van der Waals surface area contributed by atoms with E-state index in [9.17, 15) is 4.79 Å². The van der Waals surface area contributed by atoms with Crippen LogP contribution >= 0.6 is 0 Å². The van der Waals surface area contributed by atoms with Crippen LogP contribution in [0.25, 0.3) is 0 Å². The van der Waals surface area contributed by atoms with Crippen molar-refractivity contribution in [2.75, 3.05) is 24.6 Å². The number of carboxylic acid groups (broad SMARTS) is 1. The second kappa shape index (κ2) is 5.05. The minimum Gasteiger partial charge on any atom is -0.476 e. The Morgan fingerprint density at radius 1 is 1.41 bits per heavy atom. The second-order valence-electron chi connectivity index (χ2n) is 4.06. The lowest BCUT2D eigenvalue weighted by atomic mass is 9.98. The maximum Gasteiger partial charge on any atom is 0.358 e. The lowest BCUT2D eigenvalue weighted by Gasteiger charge is -2.30. The van der Waals surface area contributed by atoms with E-state index in [4.69, 9.17) is 10.2 Å². The molecule has 2 N–H and O–H groups in total. The summed E-state index contributed by atoms with van der Waals surface area (Å²) >= 11 is 0. The van der Waals surface area contributed by atoms with E-state index in [1.807, 2.05) is 4.90 Å². The Bertz CT molecular complexity index is 387. The van der Waals surface area contributed by atoms with Gasteiger partial charge in [0.1, 0.15) is 0 Å². The Hall–Kier alpha value is -1.76. The summed E-state index contributed by atoms with van der Waals surface area (Å²) in [4.78, 5) is 16.5. The number of aliphatic hydroxyl groups is 1. The van der Waals surface area contributed by atoms with Crippen molar-refractivity contribution < 1.29 is 15.0 Å². The molecular formula is C10H14N4O3. The van der Waals surface area contributed by atoms with E-state index in [-0.39, 0.29) is 12.3 Å². The highest BCUT2D eigenvalue weighted by Crippen LogP contribution is 2.19. The van der Waals surface area contributed by atoms with Crippen molar-refractivity contribution in [1.82, 2.24) is 15.2 Å². The molecule has 0 aromatic carbocycles. The van der Waals surface area contributed by atoms with Gasteiger partial charge in [-0.2, -0.15) is 0 Å². The fourth-order valence-electron chi connectivity index (χ4n) is 1.83. The molecule has 2 rings (SSSR count). The monoisotopic (exact) mass is 238 g/mol. The summed E-state index contributed by atoms with van der Waals surface area (Å²) in [5, 5.41) is 25.1. The number of nitrogens with zero attached hydrogens (tertiary/aromatic N) is 4. The highest BCUT2D eigenvalue weighted by atomic mass is 16.4. The molecule has 7 heteroatoms. The molecule has 7 nitrogen and oxygen atoms in total. The standard InChI is InChI=1S/C10H14N4O3/c15-6-7-1-3-14(4-2-7)10-11-5-8(9(16)17)12-13-10/h5,7,15H,1-4,6H2,(H,16,17). The zero-order valence-corrected chi connectivity index (χ0v) is 9.28. The fourth-order valence-corrected chi connectivity index (χ4v) is 1.83. The van der Waals surface area contributed by atoms with Crippen LogP contribution in [0.3, 0.4) is 0 Å². The van der Waals surface area contributed by atoms with E-state index in [0.29, 0.717) is 11.9 Å². The number of aromatic carboxylic acids is 1. The quantitative estimate of drug-likeness (QED) is 0.750. The van der Waals surface area contributed by atoms with Crippen LogP contribution in [0.15, 0.2) is 6.20 Å². The van der Waals surface area contributed by atoms with E-state index in [0.717, 1.165) is 25.9 Å². The summed E-state index contributed by atoms with van der Waals surface area (Å²) in [7, 11) is 0. The number of hydrogen-bond donors (Lipinski definition) is 2. The van der Waals surface area contributed by atoms with Crippen LogP contribution in [0.5, 0.6) is 0 Å². The van der Waals surface area contributed by atoms with Crippen LogP contribution in [0.4, 0.5) is 5.95 Å². The first-order chi connectivity index (χ1) is 8.20. The molecular weight excluding hydrogens is 224 g/mol. The molecule has 92 valence electrons. The Balaban J connectivity index is 2.01. The number of anilines is 1. The van der Waals surface area contributed by atoms with Gasteiger partial charge in [-0.3, -0.25) is 0 Å². The molecule has 1 aliphatic rings. The van der Waals surface area contributed by atoms with Crippen molar-refractivity contribution in [2.45, 2.75) is 12.8 Å². The van der Waals surface area contributed by atoms with Gasteiger partial charge < -0.3 is 15.1 Å². The smallest absolute Gasteiger partial charge is 0.358 e. The third-order valence-electron chi connectivity index (χ3n) is 2.92. The molecule has 1 aliphatic heterocycles. The van der Waals surface area contributed by atoms with Crippen LogP contribution in [0.2, 0.25) is 0 Å². The largest absolute Gasteiger partial charge is 0.476 e. The molecule has 0 radical (unpaired) electrons. The van der Waals surface area contributed by atoms with Crippen LogP contribution in [0, 0.1) is 5.92 Å². The first-order valence-corrected chi connectivity index (χ1v) is 5.49. The summed E-state index contributed by atoms with van der Waals surface area (Å²) in [5.74, 6) is -0.334. The van der Waals surface area contributed by atoms with E-state index in [1.54, 1.807) is 0 Å². The highest BCUT2D eigenvalue weighted by molar-refractivity contribution is 5.84. The third kappa shape index (κ3) is 2.68. The average molecular weight is 238 g/mol. The van der Waals surface area contributed by atoms with Gasteiger partial charge in [0.15, 0.2) is 5.69 Å². The van der Waals surface area contributed by atoms with Gasteiger partial charge in [-0.25, -0.2) is 9.78 Å². The summed E-state index contributed by atoms with van der Waals surface area (Å²) in [5.41, 5.74) is -0.154. The molecule has 0 saturated carbocycles. The molecule has 0 amide bonds. The lowest BCUT2D eigenvalue weighted by molar-refractivity contribution is 0.0688. The number of carbonyl (C=O) groups is 1. The maximum absolute atomic E-state index is 10.6. The van der Waals surface area contributed by atoms with Crippen molar-refractivity contribution in [3.8, 4) is 0 Å². The Kier molecular flexibility index (Phi) is 3.48. The lowest BCUT2D eigenvalue weighted by Crippen LogP contribution is -2.36. The summed E-state index contributed by atoms with van der Waals surface area (Å²) < 4.78 is 0. The number of aromatic nitrogens is 3. The summed E-state index contributed by atoms with van der Waals surface area (Å²) in [6.45, 7) is 1.74. The van der Waals surface area contributed by atoms with E-state index < -0.39 is 5.97 Å². The molecule has 0 unspecified atom stereocenters. The van der Waals surface area contributed by atoms with Gasteiger partial charge >= 0.3 is 5.97 Å². The fraction of sp³-hybridized carbons (Fsp3) is 0.600. The molecule has 2 heterocycles. The van der Waals surface area contributed by atoms with Gasteiger partial charge in [0.2, 0.25) is 5.95 Å². The molecule has 0 atom stereocenters. The molecule has 0 spiro atoms. The predicted octanol–water partition coefficient (Wildman–Crippen LogP) is -0.222. The summed E-state index contributed by atoms with van der Waals surface area (Å²) in [6.07, 6.45) is 2.99. The highest BCUT2D eigenvalue weighted by Gasteiger charge is 2.20. The third-order valence-corrected chi connectivity index (χ3v) is 2.92. The van der Waals surface area contributed by atoms with Crippen molar-refractivity contribution in [1.29, 1.82) is 0 Å². The molecule has 17 heavy (non-hydrogen) atoms. The predicted molar refractivity (Wildman–Crippen MR) is 58.8 cm³/mol. The molecule has 0 bridgehead atoms. The number of rotatable bonds is 3. The SMILES string of the molecule is O=C(O)c1cnc(N2CCC(CO)CC2)nn1. The first kappa shape index (κ1) is 11.7. The minimum absolute atomic E-state index is 0.154. The van der Waals surface area contributed by atoms with E-state index in [1.165, 1.54) is 6.20 Å². The van der Waals surface area contributed by atoms with Gasteiger partial charge in [0.05, 0.1) is 6.20 Å². The molecule has 1 saturated heterocycles. The van der Waals surface area contributed by atoms with Gasteiger partial charge in [-0.05, 0) is 18.8 Å². The van der Waals surface area contributed by atoms with Crippen LogP contribution in [-0.4, -0.2) is 51.1 Å². The molecule has 1 aromatic heterocycles. The topological polar surface area (TPSA) is 99.4 Å². The summed E-state index contributed by atoms with van der Waals surface area (Å²) in [6, 6.07) is 0. The van der Waals surface area contributed by atoms with Gasteiger partial charge in [-0.1, -0.05) is 0 Å². The Morgan fingerprint density at radius 2 is 2.12 bits per heavy atom. The number of hydrogen-bond acceptors (Lipinski definition) is 6. The second-order valence-corrected chi connectivity index (χ2v) is 4.06. The van der Waals surface area contributed by atoms with Crippen molar-refractivity contribution in [2.24, 2.45) is 5.92 Å². The van der Waals surface area contributed by atoms with Gasteiger partial charge in [0.25, 0.3) is 0 Å². The van der Waals surface area contributed by atoms with Crippen LogP contribution < -0.4 is 4.90 Å². The van der Waals surface area contributed by atoms with Crippen molar-refractivity contribution in [3.63, 3.8) is 0 Å². The Morgan fingerprint density at radius 3 is 2.59 bits per heavy atom. The maximum atomic E-state index is 10.6.